The van der Waals surface area contributed by atoms with Crippen molar-refractivity contribution in [2.45, 2.75) is 77.8 Å². The normalized spacial score (nSPS) is 16.4. The van der Waals surface area contributed by atoms with Crippen molar-refractivity contribution >= 4 is 29.9 Å². The van der Waals surface area contributed by atoms with E-state index in [1.807, 2.05) is 7.05 Å². The number of nitrogens with zero attached hydrogens (tertiary/aromatic N) is 3. The van der Waals surface area contributed by atoms with E-state index in [0.717, 1.165) is 30.3 Å². The molecule has 2 rings (SSSR count). The fourth-order valence-electron chi connectivity index (χ4n) is 3.55. The summed E-state index contributed by atoms with van der Waals surface area (Å²) >= 11 is 0. The molecule has 6 nitrogen and oxygen atoms in total. The van der Waals surface area contributed by atoms with E-state index in [-0.39, 0.29) is 24.0 Å². The van der Waals surface area contributed by atoms with Gasteiger partial charge in [0.05, 0.1) is 12.2 Å². The van der Waals surface area contributed by atoms with Crippen molar-refractivity contribution in [2.75, 3.05) is 26.7 Å². The van der Waals surface area contributed by atoms with Gasteiger partial charge in [0.1, 0.15) is 0 Å². The Bertz CT molecular complexity index is 536. The summed E-state index contributed by atoms with van der Waals surface area (Å²) in [6.45, 7) is 10.8. The molecule has 2 N–H and O–H groups in total. The first kappa shape index (κ1) is 24.2. The fourth-order valence-corrected chi connectivity index (χ4v) is 3.55. The van der Waals surface area contributed by atoms with Crippen molar-refractivity contribution in [1.82, 2.24) is 20.7 Å². The van der Waals surface area contributed by atoms with Crippen molar-refractivity contribution in [3.8, 4) is 0 Å². The van der Waals surface area contributed by atoms with E-state index < -0.39 is 0 Å². The zero-order valence-electron chi connectivity index (χ0n) is 17.5. The zero-order valence-corrected chi connectivity index (χ0v) is 19.8. The van der Waals surface area contributed by atoms with E-state index in [1.54, 1.807) is 0 Å². The highest BCUT2D eigenvalue weighted by molar-refractivity contribution is 14.0. The quantitative estimate of drug-likeness (QED) is 0.309. The Morgan fingerprint density at radius 1 is 1.30 bits per heavy atom. The van der Waals surface area contributed by atoms with E-state index in [0.29, 0.717) is 18.5 Å². The maximum absolute atomic E-state index is 5.48. The minimum absolute atomic E-state index is 0. The molecule has 0 atom stereocenters. The molecule has 156 valence electrons. The van der Waals surface area contributed by atoms with Crippen LogP contribution in [-0.4, -0.2) is 48.7 Å². The van der Waals surface area contributed by atoms with Gasteiger partial charge in [-0.15, -0.1) is 24.0 Å². The van der Waals surface area contributed by atoms with Gasteiger partial charge in [-0.2, -0.15) is 0 Å². The van der Waals surface area contributed by atoms with Crippen molar-refractivity contribution in [3.63, 3.8) is 0 Å². The maximum atomic E-state index is 5.48. The van der Waals surface area contributed by atoms with Gasteiger partial charge in [-0.3, -0.25) is 4.99 Å². The van der Waals surface area contributed by atoms with Crippen LogP contribution in [0.3, 0.4) is 0 Å². The van der Waals surface area contributed by atoms with E-state index in [4.69, 9.17) is 4.52 Å². The first-order chi connectivity index (χ1) is 12.7. The number of piperidine rings is 1. The van der Waals surface area contributed by atoms with E-state index in [2.05, 4.69) is 52.5 Å². The van der Waals surface area contributed by atoms with Crippen LogP contribution in [0.25, 0.3) is 0 Å². The van der Waals surface area contributed by atoms with E-state index in [9.17, 15) is 0 Å². The van der Waals surface area contributed by atoms with Crippen LogP contribution in [-0.2, 0) is 6.54 Å². The predicted molar refractivity (Wildman–Crippen MR) is 123 cm³/mol. The molecule has 0 aliphatic carbocycles. The van der Waals surface area contributed by atoms with Gasteiger partial charge in [0, 0.05) is 38.2 Å². The molecule has 1 aromatic rings. The van der Waals surface area contributed by atoms with Gasteiger partial charge in [0.25, 0.3) is 0 Å². The molecule has 1 fully saturated rings. The molecule has 2 heterocycles. The van der Waals surface area contributed by atoms with Crippen molar-refractivity contribution in [2.24, 2.45) is 4.99 Å². The Hall–Kier alpha value is -0.830. The van der Waals surface area contributed by atoms with Crippen LogP contribution in [0, 0.1) is 0 Å². The molecule has 0 unspecified atom stereocenters. The molecule has 27 heavy (non-hydrogen) atoms. The van der Waals surface area contributed by atoms with Crippen LogP contribution >= 0.6 is 24.0 Å². The molecular formula is C20H38IN5O. The maximum Gasteiger partial charge on any atom is 0.191 e. The molecule has 1 aliphatic heterocycles. The minimum Gasteiger partial charge on any atom is -0.359 e. The lowest BCUT2D eigenvalue weighted by Crippen LogP contribution is -2.48. The summed E-state index contributed by atoms with van der Waals surface area (Å²) in [6, 6.07) is 2.57. The molecule has 1 aliphatic rings. The lowest BCUT2D eigenvalue weighted by atomic mass is 9.99. The number of rotatable bonds is 9. The molecule has 0 spiro atoms. The lowest BCUT2D eigenvalue weighted by molar-refractivity contribution is 0.203. The molecule has 0 radical (unpaired) electrons. The Balaban J connectivity index is 0.00000364. The summed E-state index contributed by atoms with van der Waals surface area (Å²) in [5.74, 6) is 2.20. The van der Waals surface area contributed by atoms with E-state index >= 15 is 0 Å². The standard InChI is InChI=1S/C20H37N5O.HI/c1-5-8-11-25-12-9-17(10-13-25)23-20(21-4)22-15-18-14-19(24-26-18)16(6-2)7-3;/h14,16-17H,5-13,15H2,1-4H3,(H2,21,22,23);1H. The number of aliphatic imine (C=N–C) groups is 1. The highest BCUT2D eigenvalue weighted by Gasteiger charge is 2.19. The van der Waals surface area contributed by atoms with Gasteiger partial charge in [-0.05, 0) is 38.6 Å². The van der Waals surface area contributed by atoms with Gasteiger partial charge < -0.3 is 20.1 Å². The number of likely N-dealkylation sites (tertiary alicyclic amines) is 1. The smallest absolute Gasteiger partial charge is 0.191 e. The largest absolute Gasteiger partial charge is 0.359 e. The Morgan fingerprint density at radius 3 is 2.59 bits per heavy atom. The van der Waals surface area contributed by atoms with Crippen LogP contribution in [0.2, 0.25) is 0 Å². The highest BCUT2D eigenvalue weighted by Crippen LogP contribution is 2.22. The van der Waals surface area contributed by atoms with Gasteiger partial charge in [0.2, 0.25) is 0 Å². The van der Waals surface area contributed by atoms with Crippen LogP contribution < -0.4 is 10.6 Å². The second-order valence-corrected chi connectivity index (χ2v) is 7.27. The van der Waals surface area contributed by atoms with E-state index in [1.165, 1.54) is 45.3 Å². The van der Waals surface area contributed by atoms with Gasteiger partial charge in [0.15, 0.2) is 11.7 Å². The Kier molecular flexibility index (Phi) is 12.0. The lowest BCUT2D eigenvalue weighted by Gasteiger charge is -2.33. The summed E-state index contributed by atoms with van der Waals surface area (Å²) < 4.78 is 5.48. The van der Waals surface area contributed by atoms with Gasteiger partial charge in [-0.1, -0.05) is 32.3 Å². The second-order valence-electron chi connectivity index (χ2n) is 7.27. The average molecular weight is 491 g/mol. The van der Waals surface area contributed by atoms with Crippen LogP contribution in [0.4, 0.5) is 0 Å². The number of halogens is 1. The second kappa shape index (κ2) is 13.4. The average Bonchev–Trinajstić information content (AvgIpc) is 3.14. The highest BCUT2D eigenvalue weighted by atomic mass is 127. The third-order valence-electron chi connectivity index (χ3n) is 5.39. The number of hydrogen-bond acceptors (Lipinski definition) is 4. The summed E-state index contributed by atoms with van der Waals surface area (Å²) in [4.78, 5) is 6.93. The molecule has 0 saturated carbocycles. The molecule has 0 aromatic carbocycles. The Morgan fingerprint density at radius 2 is 2.00 bits per heavy atom. The first-order valence-corrected chi connectivity index (χ1v) is 10.3. The monoisotopic (exact) mass is 491 g/mol. The number of aromatic nitrogens is 1. The molecule has 0 amide bonds. The predicted octanol–water partition coefficient (Wildman–Crippen LogP) is 4.13. The van der Waals surface area contributed by atoms with Crippen LogP contribution in [0.15, 0.2) is 15.6 Å². The van der Waals surface area contributed by atoms with Crippen molar-refractivity contribution < 1.29 is 4.52 Å². The van der Waals surface area contributed by atoms with Crippen molar-refractivity contribution in [3.05, 3.63) is 17.5 Å². The first-order valence-electron chi connectivity index (χ1n) is 10.3. The number of unbranched alkanes of at least 4 members (excludes halogenated alkanes) is 1. The van der Waals surface area contributed by atoms with Crippen molar-refractivity contribution in [1.29, 1.82) is 0 Å². The molecular weight excluding hydrogens is 453 g/mol. The summed E-state index contributed by atoms with van der Waals surface area (Å²) in [7, 11) is 1.82. The molecule has 7 heteroatoms. The zero-order chi connectivity index (χ0) is 18.8. The SMILES string of the molecule is CCCCN1CCC(NC(=NC)NCc2cc(C(CC)CC)no2)CC1.I. The number of guanidine groups is 1. The molecule has 1 aromatic heterocycles. The van der Waals surface area contributed by atoms with Gasteiger partial charge >= 0.3 is 0 Å². The Labute approximate surface area is 181 Å². The number of hydrogen-bond donors (Lipinski definition) is 2. The summed E-state index contributed by atoms with van der Waals surface area (Å²) in [6.07, 6.45) is 7.11. The van der Waals surface area contributed by atoms with Crippen LogP contribution in [0.1, 0.15) is 76.7 Å². The number of nitrogens with one attached hydrogen (secondary N) is 2. The fraction of sp³-hybridized carbons (Fsp3) is 0.800. The third kappa shape index (κ3) is 7.97. The topological polar surface area (TPSA) is 65.7 Å². The summed E-state index contributed by atoms with van der Waals surface area (Å²) in [5, 5.41) is 11.1. The molecule has 1 saturated heterocycles. The van der Waals surface area contributed by atoms with Gasteiger partial charge in [-0.25, -0.2) is 0 Å². The third-order valence-corrected chi connectivity index (χ3v) is 5.39. The minimum atomic E-state index is 0. The van der Waals surface area contributed by atoms with Crippen LogP contribution in [0.5, 0.6) is 0 Å². The molecule has 0 bridgehead atoms. The summed E-state index contributed by atoms with van der Waals surface area (Å²) in [5.41, 5.74) is 1.06.